The van der Waals surface area contributed by atoms with Gasteiger partial charge < -0.3 is 9.88 Å². The standard InChI is InChI=1S/C22H23F3N4O/c23-22(24,25)17-5-1-2-6-18(17)27-21(30)14-28-11-9-16(10-12-28)13-29-15-26-19-7-3-4-8-20(19)29/h1-8,15-16H,9-14H2,(H,27,30). The first kappa shape index (κ1) is 20.4. The number of imidazole rings is 1. The van der Waals surface area contributed by atoms with Gasteiger partial charge in [0.15, 0.2) is 0 Å². The van der Waals surface area contributed by atoms with E-state index >= 15 is 0 Å². The van der Waals surface area contributed by atoms with Gasteiger partial charge in [-0.3, -0.25) is 9.69 Å². The third-order valence-electron chi connectivity index (χ3n) is 5.56. The number of likely N-dealkylation sites (tertiary alicyclic amines) is 1. The summed E-state index contributed by atoms with van der Waals surface area (Å²) in [6, 6.07) is 13.1. The fourth-order valence-electron chi connectivity index (χ4n) is 3.99. The van der Waals surface area contributed by atoms with E-state index in [4.69, 9.17) is 0 Å². The minimum atomic E-state index is -4.50. The van der Waals surface area contributed by atoms with Crippen LogP contribution in [-0.2, 0) is 17.5 Å². The van der Waals surface area contributed by atoms with Crippen molar-refractivity contribution in [2.75, 3.05) is 25.0 Å². The van der Waals surface area contributed by atoms with Gasteiger partial charge in [0.2, 0.25) is 5.91 Å². The Morgan fingerprint density at radius 3 is 2.53 bits per heavy atom. The number of carbonyl (C=O) groups is 1. The Morgan fingerprint density at radius 1 is 1.07 bits per heavy atom. The summed E-state index contributed by atoms with van der Waals surface area (Å²) in [6.45, 7) is 2.45. The lowest BCUT2D eigenvalue weighted by atomic mass is 9.96. The van der Waals surface area contributed by atoms with E-state index < -0.39 is 17.6 Å². The van der Waals surface area contributed by atoms with Crippen molar-refractivity contribution in [2.45, 2.75) is 25.6 Å². The van der Waals surface area contributed by atoms with Crippen LogP contribution in [0, 0.1) is 5.92 Å². The molecule has 0 spiro atoms. The Kier molecular flexibility index (Phi) is 5.76. The number of nitrogens with one attached hydrogen (secondary N) is 1. The Hall–Kier alpha value is -2.87. The normalized spacial score (nSPS) is 16.1. The molecular formula is C22H23F3N4O. The summed E-state index contributed by atoms with van der Waals surface area (Å²) in [5.41, 5.74) is 1.06. The highest BCUT2D eigenvalue weighted by Gasteiger charge is 2.33. The molecule has 0 atom stereocenters. The first-order chi connectivity index (χ1) is 14.4. The average molecular weight is 416 g/mol. The maximum Gasteiger partial charge on any atom is 0.418 e. The lowest BCUT2D eigenvalue weighted by Gasteiger charge is -2.31. The number of amides is 1. The molecule has 0 bridgehead atoms. The summed E-state index contributed by atoms with van der Waals surface area (Å²) in [7, 11) is 0. The highest BCUT2D eigenvalue weighted by molar-refractivity contribution is 5.93. The summed E-state index contributed by atoms with van der Waals surface area (Å²) < 4.78 is 41.4. The third kappa shape index (κ3) is 4.64. The van der Waals surface area contributed by atoms with Crippen LogP contribution in [0.15, 0.2) is 54.9 Å². The number of rotatable bonds is 5. The molecular weight excluding hydrogens is 393 g/mol. The summed E-state index contributed by atoms with van der Waals surface area (Å²) in [6.07, 6.45) is -0.778. The van der Waals surface area contributed by atoms with Crippen molar-refractivity contribution in [1.82, 2.24) is 14.5 Å². The molecule has 2 aromatic carbocycles. The van der Waals surface area contributed by atoms with Crippen LogP contribution in [0.5, 0.6) is 0 Å². The quantitative estimate of drug-likeness (QED) is 0.671. The number of nitrogens with zero attached hydrogens (tertiary/aromatic N) is 3. The van der Waals surface area contributed by atoms with Crippen LogP contribution in [0.1, 0.15) is 18.4 Å². The van der Waals surface area contributed by atoms with Gasteiger partial charge in [-0.25, -0.2) is 4.98 Å². The largest absolute Gasteiger partial charge is 0.418 e. The second-order valence-electron chi connectivity index (χ2n) is 7.70. The molecule has 0 aliphatic carbocycles. The molecule has 0 unspecified atom stereocenters. The zero-order chi connectivity index (χ0) is 21.1. The van der Waals surface area contributed by atoms with Crippen molar-refractivity contribution in [2.24, 2.45) is 5.92 Å². The number of fused-ring (bicyclic) bond motifs is 1. The SMILES string of the molecule is O=C(CN1CCC(Cn2cnc3ccccc32)CC1)Nc1ccccc1C(F)(F)F. The lowest BCUT2D eigenvalue weighted by molar-refractivity contribution is -0.137. The minimum Gasteiger partial charge on any atom is -0.330 e. The molecule has 158 valence electrons. The molecule has 0 radical (unpaired) electrons. The molecule has 0 saturated carbocycles. The lowest BCUT2D eigenvalue weighted by Crippen LogP contribution is -2.40. The number of anilines is 1. The third-order valence-corrected chi connectivity index (χ3v) is 5.56. The van der Waals surface area contributed by atoms with Gasteiger partial charge in [0, 0.05) is 6.54 Å². The first-order valence-corrected chi connectivity index (χ1v) is 9.98. The van der Waals surface area contributed by atoms with Crippen LogP contribution in [0.3, 0.4) is 0 Å². The van der Waals surface area contributed by atoms with Crippen molar-refractivity contribution in [3.8, 4) is 0 Å². The second-order valence-corrected chi connectivity index (χ2v) is 7.70. The number of alkyl halides is 3. The number of halogens is 3. The van der Waals surface area contributed by atoms with E-state index in [0.29, 0.717) is 5.92 Å². The van der Waals surface area contributed by atoms with E-state index in [9.17, 15) is 18.0 Å². The molecule has 4 rings (SSSR count). The Balaban J connectivity index is 1.29. The zero-order valence-electron chi connectivity index (χ0n) is 16.4. The van der Waals surface area contributed by atoms with Crippen LogP contribution in [-0.4, -0.2) is 40.0 Å². The molecule has 1 aliphatic rings. The molecule has 1 aliphatic heterocycles. The van der Waals surface area contributed by atoms with Gasteiger partial charge in [-0.2, -0.15) is 13.2 Å². The fourth-order valence-corrected chi connectivity index (χ4v) is 3.99. The van der Waals surface area contributed by atoms with E-state index in [1.165, 1.54) is 18.2 Å². The van der Waals surface area contributed by atoms with E-state index in [0.717, 1.165) is 49.6 Å². The zero-order valence-corrected chi connectivity index (χ0v) is 16.4. The van der Waals surface area contributed by atoms with Crippen LogP contribution >= 0.6 is 0 Å². The van der Waals surface area contributed by atoms with Gasteiger partial charge in [0.05, 0.1) is 35.2 Å². The van der Waals surface area contributed by atoms with E-state index in [1.807, 2.05) is 29.4 Å². The molecule has 8 heteroatoms. The highest BCUT2D eigenvalue weighted by Crippen LogP contribution is 2.34. The van der Waals surface area contributed by atoms with Crippen molar-refractivity contribution < 1.29 is 18.0 Å². The number of hydrogen-bond acceptors (Lipinski definition) is 3. The smallest absolute Gasteiger partial charge is 0.330 e. The Labute approximate surface area is 172 Å². The molecule has 3 aromatic rings. The minimum absolute atomic E-state index is 0.0902. The molecule has 1 N–H and O–H groups in total. The van der Waals surface area contributed by atoms with Crippen molar-refractivity contribution >= 4 is 22.6 Å². The summed E-state index contributed by atoms with van der Waals surface area (Å²) >= 11 is 0. The number of para-hydroxylation sites is 3. The molecule has 1 aromatic heterocycles. The summed E-state index contributed by atoms with van der Waals surface area (Å²) in [5, 5.41) is 2.42. The van der Waals surface area contributed by atoms with E-state index in [-0.39, 0.29) is 12.2 Å². The number of hydrogen-bond donors (Lipinski definition) is 1. The topological polar surface area (TPSA) is 50.2 Å². The maximum absolute atomic E-state index is 13.1. The van der Waals surface area contributed by atoms with Crippen molar-refractivity contribution in [1.29, 1.82) is 0 Å². The highest BCUT2D eigenvalue weighted by atomic mass is 19.4. The van der Waals surface area contributed by atoms with Crippen LogP contribution in [0.2, 0.25) is 0 Å². The number of benzene rings is 2. The number of piperidine rings is 1. The molecule has 1 amide bonds. The predicted octanol–water partition coefficient (Wildman–Crippen LogP) is 4.41. The van der Waals surface area contributed by atoms with Gasteiger partial charge in [-0.05, 0) is 56.1 Å². The second kappa shape index (κ2) is 8.47. The molecule has 1 fully saturated rings. The van der Waals surface area contributed by atoms with Gasteiger partial charge in [0.1, 0.15) is 0 Å². The molecule has 1 saturated heterocycles. The van der Waals surface area contributed by atoms with Gasteiger partial charge in [0.25, 0.3) is 0 Å². The van der Waals surface area contributed by atoms with Crippen molar-refractivity contribution in [3.63, 3.8) is 0 Å². The Morgan fingerprint density at radius 2 is 1.77 bits per heavy atom. The number of aromatic nitrogens is 2. The van der Waals surface area contributed by atoms with Gasteiger partial charge in [-0.15, -0.1) is 0 Å². The average Bonchev–Trinajstić information content (AvgIpc) is 3.12. The fraction of sp³-hybridized carbons (Fsp3) is 0.364. The maximum atomic E-state index is 13.1. The van der Waals surface area contributed by atoms with Crippen LogP contribution in [0.25, 0.3) is 11.0 Å². The van der Waals surface area contributed by atoms with Crippen LogP contribution < -0.4 is 5.32 Å². The molecule has 30 heavy (non-hydrogen) atoms. The first-order valence-electron chi connectivity index (χ1n) is 9.98. The number of carbonyl (C=O) groups excluding carboxylic acids is 1. The van der Waals surface area contributed by atoms with E-state index in [1.54, 1.807) is 0 Å². The van der Waals surface area contributed by atoms with Gasteiger partial charge >= 0.3 is 6.18 Å². The summed E-state index contributed by atoms with van der Waals surface area (Å²) in [4.78, 5) is 18.7. The van der Waals surface area contributed by atoms with Gasteiger partial charge in [-0.1, -0.05) is 24.3 Å². The monoisotopic (exact) mass is 416 g/mol. The summed E-state index contributed by atoms with van der Waals surface area (Å²) in [5.74, 6) is 0.0543. The predicted molar refractivity (Wildman–Crippen MR) is 109 cm³/mol. The van der Waals surface area contributed by atoms with Crippen LogP contribution in [0.4, 0.5) is 18.9 Å². The van der Waals surface area contributed by atoms with E-state index in [2.05, 4.69) is 20.9 Å². The molecule has 5 nitrogen and oxygen atoms in total. The van der Waals surface area contributed by atoms with Crippen molar-refractivity contribution in [3.05, 3.63) is 60.4 Å². The Bertz CT molecular complexity index is 1020. The molecule has 2 heterocycles.